The summed E-state index contributed by atoms with van der Waals surface area (Å²) in [7, 11) is 1.36. The third-order valence-corrected chi connectivity index (χ3v) is 3.64. The van der Waals surface area contributed by atoms with Gasteiger partial charge in [0.25, 0.3) is 11.6 Å². The molecule has 2 aromatic carbocycles. The number of hydrazone groups is 1. The molecule has 2 rings (SSSR count). The average molecular weight is 402 g/mol. The van der Waals surface area contributed by atoms with Gasteiger partial charge in [-0.05, 0) is 24.6 Å². The van der Waals surface area contributed by atoms with Crippen LogP contribution < -0.4 is 14.9 Å². The Morgan fingerprint density at radius 1 is 1.17 bits per heavy atom. The van der Waals surface area contributed by atoms with Crippen LogP contribution in [0, 0.1) is 20.2 Å². The zero-order valence-electron chi connectivity index (χ0n) is 15.7. The number of benzene rings is 2. The Balaban J connectivity index is 2.18. The van der Waals surface area contributed by atoms with Gasteiger partial charge in [-0.25, -0.2) is 5.43 Å². The van der Waals surface area contributed by atoms with Crippen molar-refractivity contribution in [2.24, 2.45) is 5.10 Å². The Morgan fingerprint density at radius 2 is 1.86 bits per heavy atom. The van der Waals surface area contributed by atoms with E-state index in [1.54, 1.807) is 0 Å². The van der Waals surface area contributed by atoms with Crippen LogP contribution >= 0.6 is 0 Å². The van der Waals surface area contributed by atoms with Gasteiger partial charge in [-0.2, -0.15) is 5.10 Å². The van der Waals surface area contributed by atoms with Crippen molar-refractivity contribution >= 4 is 23.5 Å². The van der Waals surface area contributed by atoms with Gasteiger partial charge in [0.15, 0.2) is 5.75 Å². The topological polar surface area (TPSA) is 146 Å². The summed E-state index contributed by atoms with van der Waals surface area (Å²) in [4.78, 5) is 32.9. The van der Waals surface area contributed by atoms with Crippen molar-refractivity contribution in [3.8, 4) is 11.5 Å². The average Bonchev–Trinajstić information content (AvgIpc) is 2.71. The summed E-state index contributed by atoms with van der Waals surface area (Å²) in [5.74, 6) is -0.414. The number of nitrogens with one attached hydrogen (secondary N) is 1. The van der Waals surface area contributed by atoms with Crippen LogP contribution in [0.1, 0.15) is 29.3 Å². The molecule has 29 heavy (non-hydrogen) atoms. The van der Waals surface area contributed by atoms with Gasteiger partial charge in [0.2, 0.25) is 5.75 Å². The van der Waals surface area contributed by atoms with E-state index in [2.05, 4.69) is 10.5 Å². The number of amides is 1. The lowest BCUT2D eigenvalue weighted by Crippen LogP contribution is -2.17. The summed E-state index contributed by atoms with van der Waals surface area (Å²) in [5, 5.41) is 25.8. The number of rotatable bonds is 9. The predicted molar refractivity (Wildman–Crippen MR) is 104 cm³/mol. The zero-order valence-corrected chi connectivity index (χ0v) is 15.7. The van der Waals surface area contributed by atoms with Gasteiger partial charge in [0.05, 0.1) is 29.8 Å². The summed E-state index contributed by atoms with van der Waals surface area (Å²) < 4.78 is 10.6. The fourth-order valence-electron chi connectivity index (χ4n) is 2.28. The molecule has 0 spiro atoms. The second-order valence-corrected chi connectivity index (χ2v) is 5.68. The van der Waals surface area contributed by atoms with E-state index in [0.29, 0.717) is 12.0 Å². The third-order valence-electron chi connectivity index (χ3n) is 3.64. The first kappa shape index (κ1) is 21.3. The highest BCUT2D eigenvalue weighted by atomic mass is 16.6. The second kappa shape index (κ2) is 9.78. The number of nitrogens with zero attached hydrogens (tertiary/aromatic N) is 3. The van der Waals surface area contributed by atoms with Crippen LogP contribution in [0.5, 0.6) is 11.5 Å². The van der Waals surface area contributed by atoms with Gasteiger partial charge in [-0.3, -0.25) is 25.0 Å². The Morgan fingerprint density at radius 3 is 2.41 bits per heavy atom. The van der Waals surface area contributed by atoms with Crippen molar-refractivity contribution in [2.75, 3.05) is 13.7 Å². The van der Waals surface area contributed by atoms with Crippen molar-refractivity contribution < 1.29 is 24.1 Å². The molecule has 11 nitrogen and oxygen atoms in total. The molecule has 0 radical (unpaired) electrons. The lowest BCUT2D eigenvalue weighted by atomic mass is 10.2. The normalized spacial score (nSPS) is 10.6. The Hall–Kier alpha value is -4.02. The molecule has 0 saturated carbocycles. The number of non-ortho nitro benzene ring substituents is 1. The van der Waals surface area contributed by atoms with E-state index in [9.17, 15) is 25.0 Å². The molecular weight excluding hydrogens is 384 g/mol. The number of carbonyl (C=O) groups excluding carboxylic acids is 1. The minimum Gasteiger partial charge on any atom is -0.493 e. The molecule has 0 atom stereocenters. The molecule has 0 saturated heterocycles. The van der Waals surface area contributed by atoms with E-state index in [-0.39, 0.29) is 35.0 Å². The van der Waals surface area contributed by atoms with Crippen LogP contribution in [0.2, 0.25) is 0 Å². The van der Waals surface area contributed by atoms with Gasteiger partial charge in [0, 0.05) is 29.3 Å². The predicted octanol–water partition coefficient (Wildman–Crippen LogP) is 3.06. The van der Waals surface area contributed by atoms with Crippen LogP contribution in [0.25, 0.3) is 0 Å². The number of carbonyl (C=O) groups is 1. The molecule has 0 aliphatic heterocycles. The first-order valence-corrected chi connectivity index (χ1v) is 8.44. The monoisotopic (exact) mass is 402 g/mol. The highest BCUT2D eigenvalue weighted by molar-refractivity contribution is 5.95. The van der Waals surface area contributed by atoms with Crippen LogP contribution in [0.15, 0.2) is 41.5 Å². The van der Waals surface area contributed by atoms with Crippen molar-refractivity contribution in [1.82, 2.24) is 5.43 Å². The fraction of sp³-hybridized carbons (Fsp3) is 0.222. The molecule has 11 heteroatoms. The van der Waals surface area contributed by atoms with Crippen LogP contribution in [0.3, 0.4) is 0 Å². The van der Waals surface area contributed by atoms with Crippen molar-refractivity contribution in [2.45, 2.75) is 13.3 Å². The quantitative estimate of drug-likeness (QED) is 0.385. The van der Waals surface area contributed by atoms with E-state index in [4.69, 9.17) is 9.47 Å². The third kappa shape index (κ3) is 5.48. The molecule has 2 aromatic rings. The van der Waals surface area contributed by atoms with Gasteiger partial charge < -0.3 is 9.47 Å². The maximum atomic E-state index is 12.0. The minimum absolute atomic E-state index is 0.0198. The molecule has 0 aromatic heterocycles. The van der Waals surface area contributed by atoms with E-state index < -0.39 is 15.8 Å². The molecular formula is C18H18N4O7. The van der Waals surface area contributed by atoms with Gasteiger partial charge >= 0.3 is 5.69 Å². The van der Waals surface area contributed by atoms with Crippen molar-refractivity contribution in [1.29, 1.82) is 0 Å². The molecule has 0 fully saturated rings. The van der Waals surface area contributed by atoms with Crippen LogP contribution in [-0.2, 0) is 0 Å². The number of ether oxygens (including phenoxy) is 2. The maximum absolute atomic E-state index is 12.0. The summed E-state index contributed by atoms with van der Waals surface area (Å²) in [6.45, 7) is 2.16. The summed E-state index contributed by atoms with van der Waals surface area (Å²) in [6, 6.07) is 7.70. The molecule has 1 amide bonds. The molecule has 152 valence electrons. The Kier molecular flexibility index (Phi) is 7.18. The number of nitro benzene ring substituents is 2. The highest BCUT2D eigenvalue weighted by Gasteiger charge is 2.22. The highest BCUT2D eigenvalue weighted by Crippen LogP contribution is 2.38. The van der Waals surface area contributed by atoms with Gasteiger partial charge in [-0.15, -0.1) is 0 Å². The molecule has 1 N–H and O–H groups in total. The molecule has 0 heterocycles. The van der Waals surface area contributed by atoms with Gasteiger partial charge in [-0.1, -0.05) is 6.92 Å². The standard InChI is InChI=1S/C18H18N4O7/c1-3-8-29-17-15(22(26)27)9-12(10-16(17)28-2)11-19-20-18(23)13-4-6-14(7-5-13)21(24)25/h4-7,9-11H,3,8H2,1-2H3,(H,20,23)/b19-11+. The zero-order chi connectivity index (χ0) is 21.4. The van der Waals surface area contributed by atoms with E-state index in [1.165, 1.54) is 49.7 Å². The Bertz CT molecular complexity index is 942. The molecule has 0 aliphatic rings. The lowest BCUT2D eigenvalue weighted by molar-refractivity contribution is -0.386. The minimum atomic E-state index is -0.597. The van der Waals surface area contributed by atoms with E-state index >= 15 is 0 Å². The van der Waals surface area contributed by atoms with E-state index in [0.717, 1.165) is 0 Å². The molecule has 0 bridgehead atoms. The largest absolute Gasteiger partial charge is 0.493 e. The van der Waals surface area contributed by atoms with E-state index in [1.807, 2.05) is 6.92 Å². The molecule has 0 aliphatic carbocycles. The number of hydrogen-bond acceptors (Lipinski definition) is 8. The summed E-state index contributed by atoms with van der Waals surface area (Å²) >= 11 is 0. The van der Waals surface area contributed by atoms with Crippen LogP contribution in [0.4, 0.5) is 11.4 Å². The Labute approximate surface area is 165 Å². The number of hydrogen-bond donors (Lipinski definition) is 1. The number of methoxy groups -OCH3 is 1. The van der Waals surface area contributed by atoms with Crippen molar-refractivity contribution in [3.63, 3.8) is 0 Å². The summed E-state index contributed by atoms with van der Waals surface area (Å²) in [6.07, 6.45) is 1.88. The molecule has 0 unspecified atom stereocenters. The fourth-order valence-corrected chi connectivity index (χ4v) is 2.28. The lowest BCUT2D eigenvalue weighted by Gasteiger charge is -2.11. The smallest absolute Gasteiger partial charge is 0.315 e. The maximum Gasteiger partial charge on any atom is 0.315 e. The SMILES string of the molecule is CCCOc1c(OC)cc(/C=N/NC(=O)c2ccc([N+](=O)[O-])cc2)cc1[N+](=O)[O-]. The van der Waals surface area contributed by atoms with Crippen LogP contribution in [-0.4, -0.2) is 35.7 Å². The van der Waals surface area contributed by atoms with Gasteiger partial charge in [0.1, 0.15) is 0 Å². The summed E-state index contributed by atoms with van der Waals surface area (Å²) in [5.41, 5.74) is 2.29. The number of nitro groups is 2. The van der Waals surface area contributed by atoms with Crippen molar-refractivity contribution in [3.05, 3.63) is 67.8 Å². The first-order valence-electron chi connectivity index (χ1n) is 8.44. The first-order chi connectivity index (χ1) is 13.9. The second-order valence-electron chi connectivity index (χ2n) is 5.68.